The van der Waals surface area contributed by atoms with Gasteiger partial charge in [0.05, 0.1) is 6.20 Å². The summed E-state index contributed by atoms with van der Waals surface area (Å²) in [4.78, 5) is 2.08. The third-order valence-corrected chi connectivity index (χ3v) is 3.76. The van der Waals surface area contributed by atoms with Gasteiger partial charge in [-0.3, -0.25) is 4.68 Å². The fourth-order valence-electron chi connectivity index (χ4n) is 2.36. The van der Waals surface area contributed by atoms with Crippen molar-refractivity contribution < 1.29 is 0 Å². The van der Waals surface area contributed by atoms with E-state index in [1.54, 1.807) is 16.8 Å². The van der Waals surface area contributed by atoms with Crippen LogP contribution in [0.4, 0.5) is 5.82 Å². The molecule has 0 amide bonds. The zero-order valence-electron chi connectivity index (χ0n) is 13.1. The Balaban J connectivity index is 1.86. The van der Waals surface area contributed by atoms with Gasteiger partial charge in [-0.15, -0.1) is 10.2 Å². The van der Waals surface area contributed by atoms with Gasteiger partial charge in [0, 0.05) is 36.9 Å². The largest absolute Gasteiger partial charge is 0.346 e. The second-order valence-corrected chi connectivity index (χ2v) is 5.83. The molecule has 1 aromatic carbocycles. The van der Waals surface area contributed by atoms with Crippen LogP contribution in [0.1, 0.15) is 16.8 Å². The second kappa shape index (κ2) is 7.11. The lowest BCUT2D eigenvalue weighted by Crippen LogP contribution is -2.23. The Morgan fingerprint density at radius 3 is 2.42 bits per heavy atom. The molecule has 6 nitrogen and oxygen atoms in total. The summed E-state index contributed by atoms with van der Waals surface area (Å²) in [7, 11) is 1.88. The standard InChI is InChI=1S/C17H15ClN6/c1-23-10-14(9-20-23)12-24(11-13-2-4-15(18)5-3-13)17-7-6-16(8-19)21-22-17/h2-7,9-10H,11-12H2,1H3. The van der Waals surface area contributed by atoms with Gasteiger partial charge in [-0.05, 0) is 29.8 Å². The van der Waals surface area contributed by atoms with Crippen LogP contribution < -0.4 is 4.90 Å². The van der Waals surface area contributed by atoms with E-state index in [-0.39, 0.29) is 0 Å². The molecule has 7 heteroatoms. The van der Waals surface area contributed by atoms with Crippen molar-refractivity contribution in [2.75, 3.05) is 4.90 Å². The molecule has 24 heavy (non-hydrogen) atoms. The minimum Gasteiger partial charge on any atom is -0.346 e. The van der Waals surface area contributed by atoms with Gasteiger partial charge in [0.15, 0.2) is 11.5 Å². The molecule has 0 saturated heterocycles. The first-order valence-corrected chi connectivity index (χ1v) is 7.72. The maximum Gasteiger partial charge on any atom is 0.163 e. The van der Waals surface area contributed by atoms with Gasteiger partial charge in [0.2, 0.25) is 0 Å². The number of anilines is 1. The maximum absolute atomic E-state index is 8.88. The van der Waals surface area contributed by atoms with E-state index in [0.29, 0.717) is 29.6 Å². The lowest BCUT2D eigenvalue weighted by atomic mass is 10.2. The highest BCUT2D eigenvalue weighted by molar-refractivity contribution is 6.30. The number of halogens is 1. The van der Waals surface area contributed by atoms with E-state index in [1.807, 2.05) is 49.8 Å². The van der Waals surface area contributed by atoms with Gasteiger partial charge in [0.25, 0.3) is 0 Å². The van der Waals surface area contributed by atoms with E-state index < -0.39 is 0 Å². The summed E-state index contributed by atoms with van der Waals surface area (Å²) >= 11 is 5.95. The SMILES string of the molecule is Cn1cc(CN(Cc2ccc(Cl)cc2)c2ccc(C#N)nn2)cn1. The zero-order chi connectivity index (χ0) is 16.9. The van der Waals surface area contributed by atoms with Crippen molar-refractivity contribution in [3.05, 3.63) is 70.6 Å². The van der Waals surface area contributed by atoms with E-state index in [9.17, 15) is 0 Å². The molecule has 0 N–H and O–H groups in total. The Bertz CT molecular complexity index is 848. The molecule has 2 aromatic heterocycles. The van der Waals surface area contributed by atoms with Gasteiger partial charge < -0.3 is 4.90 Å². The first kappa shape index (κ1) is 16.0. The summed E-state index contributed by atoms with van der Waals surface area (Å²) in [6, 6.07) is 13.1. The lowest BCUT2D eigenvalue weighted by molar-refractivity contribution is 0.756. The van der Waals surface area contributed by atoms with Crippen molar-refractivity contribution in [3.63, 3.8) is 0 Å². The average Bonchev–Trinajstić information content (AvgIpc) is 3.01. The molecule has 120 valence electrons. The highest BCUT2D eigenvalue weighted by Gasteiger charge is 2.12. The molecule has 0 atom stereocenters. The number of hydrogen-bond donors (Lipinski definition) is 0. The molecular weight excluding hydrogens is 324 g/mol. The molecule has 0 aliphatic rings. The van der Waals surface area contributed by atoms with Gasteiger partial charge in [-0.25, -0.2) is 0 Å². The molecule has 0 radical (unpaired) electrons. The predicted octanol–water partition coefficient (Wildman–Crippen LogP) is 2.94. The maximum atomic E-state index is 8.88. The molecule has 2 heterocycles. The van der Waals surface area contributed by atoms with Crippen LogP contribution in [0.25, 0.3) is 0 Å². The summed E-state index contributed by atoms with van der Waals surface area (Å²) in [6.07, 6.45) is 3.79. The Labute approximate surface area is 144 Å². The van der Waals surface area contributed by atoms with Gasteiger partial charge in [-0.1, -0.05) is 23.7 Å². The van der Waals surface area contributed by atoms with Crippen LogP contribution in [-0.2, 0) is 20.1 Å². The van der Waals surface area contributed by atoms with Gasteiger partial charge >= 0.3 is 0 Å². The van der Waals surface area contributed by atoms with Crippen molar-refractivity contribution in [2.45, 2.75) is 13.1 Å². The van der Waals surface area contributed by atoms with Crippen LogP contribution >= 0.6 is 11.6 Å². The smallest absolute Gasteiger partial charge is 0.163 e. The quantitative estimate of drug-likeness (QED) is 0.715. The van der Waals surface area contributed by atoms with Crippen LogP contribution in [0.15, 0.2) is 48.8 Å². The average molecular weight is 339 g/mol. The third-order valence-electron chi connectivity index (χ3n) is 3.51. The van der Waals surface area contributed by atoms with Crippen molar-refractivity contribution in [1.29, 1.82) is 5.26 Å². The van der Waals surface area contributed by atoms with E-state index in [0.717, 1.165) is 11.1 Å². The molecule has 0 unspecified atom stereocenters. The summed E-state index contributed by atoms with van der Waals surface area (Å²) in [5.41, 5.74) is 2.47. The topological polar surface area (TPSA) is 70.6 Å². The molecule has 0 bridgehead atoms. The number of aromatic nitrogens is 4. The number of rotatable bonds is 5. The number of nitrogens with zero attached hydrogens (tertiary/aromatic N) is 6. The van der Waals surface area contributed by atoms with Gasteiger partial charge in [-0.2, -0.15) is 10.4 Å². The summed E-state index contributed by atoms with van der Waals surface area (Å²) < 4.78 is 1.76. The first-order valence-electron chi connectivity index (χ1n) is 7.35. The number of hydrogen-bond acceptors (Lipinski definition) is 5. The number of aryl methyl sites for hydroxylation is 1. The third kappa shape index (κ3) is 3.89. The fraction of sp³-hybridized carbons (Fsp3) is 0.176. The zero-order valence-corrected chi connectivity index (χ0v) is 13.9. The van der Waals surface area contributed by atoms with Crippen molar-refractivity contribution in [2.24, 2.45) is 7.05 Å². The van der Waals surface area contributed by atoms with E-state index in [4.69, 9.17) is 16.9 Å². The summed E-state index contributed by atoms with van der Waals surface area (Å²) in [5.74, 6) is 0.702. The Morgan fingerprint density at radius 2 is 1.83 bits per heavy atom. The molecular formula is C17H15ClN6. The molecule has 0 saturated carbocycles. The summed E-state index contributed by atoms with van der Waals surface area (Å²) in [5, 5.41) is 21.9. The Hall–Kier alpha value is -2.91. The number of nitriles is 1. The van der Waals surface area contributed by atoms with Crippen LogP contribution in [0, 0.1) is 11.3 Å². The van der Waals surface area contributed by atoms with Gasteiger partial charge in [0.1, 0.15) is 6.07 Å². The lowest BCUT2D eigenvalue weighted by Gasteiger charge is -2.22. The predicted molar refractivity (Wildman–Crippen MR) is 91.3 cm³/mol. The highest BCUT2D eigenvalue weighted by atomic mass is 35.5. The molecule has 0 aliphatic heterocycles. The van der Waals surface area contributed by atoms with Crippen LogP contribution in [-0.4, -0.2) is 20.0 Å². The van der Waals surface area contributed by atoms with E-state index >= 15 is 0 Å². The monoisotopic (exact) mass is 338 g/mol. The Morgan fingerprint density at radius 1 is 1.08 bits per heavy atom. The molecule has 0 fully saturated rings. The second-order valence-electron chi connectivity index (χ2n) is 5.39. The molecule has 0 aliphatic carbocycles. The fourth-order valence-corrected chi connectivity index (χ4v) is 2.48. The van der Waals surface area contributed by atoms with E-state index in [1.165, 1.54) is 0 Å². The highest BCUT2D eigenvalue weighted by Crippen LogP contribution is 2.18. The van der Waals surface area contributed by atoms with Crippen LogP contribution in [0.3, 0.4) is 0 Å². The van der Waals surface area contributed by atoms with Crippen molar-refractivity contribution in [1.82, 2.24) is 20.0 Å². The molecule has 0 spiro atoms. The van der Waals surface area contributed by atoms with Crippen molar-refractivity contribution in [3.8, 4) is 6.07 Å². The minimum absolute atomic E-state index is 0.298. The minimum atomic E-state index is 0.298. The number of benzene rings is 1. The molecule has 3 rings (SSSR count). The van der Waals surface area contributed by atoms with Crippen LogP contribution in [0.5, 0.6) is 0 Å². The van der Waals surface area contributed by atoms with E-state index in [2.05, 4.69) is 20.2 Å². The van der Waals surface area contributed by atoms with Crippen molar-refractivity contribution >= 4 is 17.4 Å². The Kier molecular flexibility index (Phi) is 4.73. The summed E-state index contributed by atoms with van der Waals surface area (Å²) in [6.45, 7) is 1.28. The normalized spacial score (nSPS) is 10.4. The van der Waals surface area contributed by atoms with Crippen LogP contribution in [0.2, 0.25) is 5.02 Å². The molecule has 3 aromatic rings. The first-order chi connectivity index (χ1) is 11.6.